The van der Waals surface area contributed by atoms with E-state index in [0.717, 1.165) is 20.9 Å². The zero-order valence-corrected chi connectivity index (χ0v) is 12.5. The van der Waals surface area contributed by atoms with E-state index in [2.05, 4.69) is 21.2 Å². The van der Waals surface area contributed by atoms with Gasteiger partial charge in [-0.15, -0.1) is 0 Å². The quantitative estimate of drug-likeness (QED) is 0.681. The van der Waals surface area contributed by atoms with Crippen molar-refractivity contribution in [3.8, 4) is 6.07 Å². The number of rotatable bonds is 2. The van der Waals surface area contributed by atoms with Gasteiger partial charge in [0.1, 0.15) is 17.4 Å². The topological polar surface area (TPSA) is 35.8 Å². The molecule has 0 aliphatic rings. The Balaban J connectivity index is 2.14. The number of benzene rings is 3. The monoisotopic (exact) mass is 340 g/mol. The molecule has 0 spiro atoms. The Morgan fingerprint density at radius 2 is 1.67 bits per heavy atom. The highest BCUT2D eigenvalue weighted by atomic mass is 79.9. The van der Waals surface area contributed by atoms with Gasteiger partial charge in [0.2, 0.25) is 0 Å². The summed E-state index contributed by atoms with van der Waals surface area (Å²) in [4.78, 5) is 0. The van der Waals surface area contributed by atoms with Gasteiger partial charge in [-0.25, -0.2) is 4.39 Å². The van der Waals surface area contributed by atoms with Gasteiger partial charge in [0.05, 0.1) is 5.69 Å². The van der Waals surface area contributed by atoms with Crippen LogP contribution in [0.1, 0.15) is 5.56 Å². The van der Waals surface area contributed by atoms with Gasteiger partial charge >= 0.3 is 0 Å². The number of halogens is 2. The number of nitrogens with one attached hydrogen (secondary N) is 1. The third-order valence-corrected chi connectivity index (χ3v) is 3.96. The Kier molecular flexibility index (Phi) is 3.59. The highest BCUT2D eigenvalue weighted by Crippen LogP contribution is 2.32. The van der Waals surface area contributed by atoms with Gasteiger partial charge in [0, 0.05) is 15.5 Å². The fourth-order valence-electron chi connectivity index (χ4n) is 2.26. The minimum atomic E-state index is -0.524. The number of fused-ring (bicyclic) bond motifs is 1. The molecule has 0 amide bonds. The van der Waals surface area contributed by atoms with E-state index in [1.807, 2.05) is 42.5 Å². The van der Waals surface area contributed by atoms with Crippen LogP contribution in [0, 0.1) is 17.1 Å². The van der Waals surface area contributed by atoms with Crippen LogP contribution in [0.2, 0.25) is 0 Å². The van der Waals surface area contributed by atoms with Gasteiger partial charge in [-0.1, -0.05) is 46.3 Å². The summed E-state index contributed by atoms with van der Waals surface area (Å²) in [7, 11) is 0. The molecule has 2 nitrogen and oxygen atoms in total. The molecule has 0 bridgehead atoms. The van der Waals surface area contributed by atoms with E-state index in [1.165, 1.54) is 6.07 Å². The minimum absolute atomic E-state index is 0.0181. The first-order valence-electron chi connectivity index (χ1n) is 6.33. The lowest BCUT2D eigenvalue weighted by molar-refractivity contribution is 0.624. The van der Waals surface area contributed by atoms with Gasteiger partial charge in [-0.05, 0) is 29.7 Å². The van der Waals surface area contributed by atoms with Crippen LogP contribution in [0.4, 0.5) is 15.8 Å². The Morgan fingerprint density at radius 1 is 0.905 bits per heavy atom. The van der Waals surface area contributed by atoms with E-state index in [4.69, 9.17) is 5.26 Å². The smallest absolute Gasteiger partial charge is 0.143 e. The zero-order chi connectivity index (χ0) is 14.8. The fourth-order valence-corrected chi connectivity index (χ4v) is 2.74. The lowest BCUT2D eigenvalue weighted by atomic mass is 10.1. The number of hydrogen-bond acceptors (Lipinski definition) is 2. The van der Waals surface area contributed by atoms with Gasteiger partial charge in [-0.2, -0.15) is 5.26 Å². The molecule has 1 N–H and O–H groups in total. The highest BCUT2D eigenvalue weighted by molar-refractivity contribution is 9.10. The van der Waals surface area contributed by atoms with Crippen molar-refractivity contribution in [3.63, 3.8) is 0 Å². The molecule has 0 aliphatic heterocycles. The lowest BCUT2D eigenvalue weighted by Crippen LogP contribution is -1.96. The normalized spacial score (nSPS) is 10.3. The average Bonchev–Trinajstić information content (AvgIpc) is 2.51. The molecule has 0 atom stereocenters. The molecule has 0 aliphatic carbocycles. The van der Waals surface area contributed by atoms with Crippen molar-refractivity contribution >= 4 is 38.1 Å². The predicted molar refractivity (Wildman–Crippen MR) is 86.0 cm³/mol. The molecule has 0 heterocycles. The first kappa shape index (κ1) is 13.6. The van der Waals surface area contributed by atoms with E-state index in [0.29, 0.717) is 5.69 Å². The molecule has 21 heavy (non-hydrogen) atoms. The molecule has 3 rings (SSSR count). The molecule has 3 aromatic carbocycles. The van der Waals surface area contributed by atoms with Gasteiger partial charge in [0.25, 0.3) is 0 Å². The predicted octanol–water partition coefficient (Wildman–Crippen LogP) is 5.36. The third-order valence-electron chi connectivity index (χ3n) is 3.27. The van der Waals surface area contributed by atoms with Crippen LogP contribution in [0.15, 0.2) is 59.1 Å². The van der Waals surface area contributed by atoms with Crippen LogP contribution in [0.5, 0.6) is 0 Å². The van der Waals surface area contributed by atoms with Crippen molar-refractivity contribution in [1.82, 2.24) is 0 Å². The van der Waals surface area contributed by atoms with Gasteiger partial charge in [-0.3, -0.25) is 0 Å². The van der Waals surface area contributed by atoms with Crippen LogP contribution in [-0.2, 0) is 0 Å². The van der Waals surface area contributed by atoms with E-state index in [9.17, 15) is 4.39 Å². The highest BCUT2D eigenvalue weighted by Gasteiger charge is 2.10. The molecule has 4 heteroatoms. The summed E-state index contributed by atoms with van der Waals surface area (Å²) in [6, 6.07) is 18.2. The summed E-state index contributed by atoms with van der Waals surface area (Å²) < 4.78 is 14.7. The molecule has 0 saturated carbocycles. The number of hydrogen-bond donors (Lipinski definition) is 1. The molecule has 0 unspecified atom stereocenters. The summed E-state index contributed by atoms with van der Waals surface area (Å²) in [5, 5.41) is 14.3. The van der Waals surface area contributed by atoms with Gasteiger partial charge in [0.15, 0.2) is 0 Å². The van der Waals surface area contributed by atoms with Crippen molar-refractivity contribution in [2.24, 2.45) is 0 Å². The van der Waals surface area contributed by atoms with Crippen LogP contribution >= 0.6 is 15.9 Å². The maximum Gasteiger partial charge on any atom is 0.143 e. The second-order valence-electron chi connectivity index (χ2n) is 4.54. The SMILES string of the molecule is N#Cc1c(F)cccc1Nc1ccc(Br)c2ccccc12. The average molecular weight is 341 g/mol. The molecule has 0 saturated heterocycles. The van der Waals surface area contributed by atoms with E-state index < -0.39 is 5.82 Å². The van der Waals surface area contributed by atoms with E-state index >= 15 is 0 Å². The van der Waals surface area contributed by atoms with Crippen molar-refractivity contribution in [2.75, 3.05) is 5.32 Å². The van der Waals surface area contributed by atoms with E-state index in [1.54, 1.807) is 12.1 Å². The standard InChI is InChI=1S/C17H10BrFN2/c18-14-8-9-17(12-5-2-1-4-11(12)14)21-16-7-3-6-15(19)13(16)10-20/h1-9,21H. The zero-order valence-electron chi connectivity index (χ0n) is 10.9. The second-order valence-corrected chi connectivity index (χ2v) is 5.39. The Morgan fingerprint density at radius 3 is 2.43 bits per heavy atom. The Hall–Kier alpha value is -2.38. The Bertz CT molecular complexity index is 868. The van der Waals surface area contributed by atoms with Crippen molar-refractivity contribution in [2.45, 2.75) is 0 Å². The summed E-state index contributed by atoms with van der Waals surface area (Å²) >= 11 is 3.52. The van der Waals surface area contributed by atoms with Crippen molar-refractivity contribution in [3.05, 3.63) is 70.5 Å². The molecular weight excluding hydrogens is 331 g/mol. The van der Waals surface area contributed by atoms with E-state index in [-0.39, 0.29) is 5.56 Å². The number of anilines is 2. The van der Waals surface area contributed by atoms with Crippen LogP contribution in [0.3, 0.4) is 0 Å². The maximum absolute atomic E-state index is 13.7. The molecule has 102 valence electrons. The summed E-state index contributed by atoms with van der Waals surface area (Å²) in [5.41, 5.74) is 1.31. The molecule has 0 radical (unpaired) electrons. The summed E-state index contributed by atoms with van der Waals surface area (Å²) in [6.45, 7) is 0. The minimum Gasteiger partial charge on any atom is -0.354 e. The van der Waals surface area contributed by atoms with Crippen molar-refractivity contribution < 1.29 is 4.39 Å². The number of nitriles is 1. The molecule has 0 aromatic heterocycles. The summed E-state index contributed by atoms with van der Waals surface area (Å²) in [5.74, 6) is -0.524. The van der Waals surface area contributed by atoms with Crippen molar-refractivity contribution in [1.29, 1.82) is 5.26 Å². The molecule has 0 fully saturated rings. The van der Waals surface area contributed by atoms with Crippen LogP contribution in [0.25, 0.3) is 10.8 Å². The van der Waals surface area contributed by atoms with Crippen LogP contribution < -0.4 is 5.32 Å². The maximum atomic E-state index is 13.7. The molecular formula is C17H10BrFN2. The molecule has 3 aromatic rings. The first-order chi connectivity index (χ1) is 10.2. The Labute approximate surface area is 130 Å². The second kappa shape index (κ2) is 5.55. The number of nitrogens with zero attached hydrogens (tertiary/aromatic N) is 1. The summed E-state index contributed by atoms with van der Waals surface area (Å²) in [6.07, 6.45) is 0. The fraction of sp³-hybridized carbons (Fsp3) is 0. The van der Waals surface area contributed by atoms with Gasteiger partial charge < -0.3 is 5.32 Å². The lowest BCUT2D eigenvalue weighted by Gasteiger charge is -2.12. The van der Waals surface area contributed by atoms with Crippen LogP contribution in [-0.4, -0.2) is 0 Å². The largest absolute Gasteiger partial charge is 0.354 e. The third kappa shape index (κ3) is 2.48. The first-order valence-corrected chi connectivity index (χ1v) is 7.13.